The maximum absolute atomic E-state index is 9.75. The molecule has 0 radical (unpaired) electrons. The van der Waals surface area contributed by atoms with Crippen molar-refractivity contribution in [3.8, 4) is 17.2 Å². The van der Waals surface area contributed by atoms with E-state index in [-0.39, 0.29) is 0 Å². The number of hydrogen-bond acceptors (Lipinski definition) is 2. The van der Waals surface area contributed by atoms with Crippen LogP contribution in [0.4, 0.5) is 0 Å². The van der Waals surface area contributed by atoms with Crippen LogP contribution in [0.2, 0.25) is 0 Å². The fourth-order valence-corrected chi connectivity index (χ4v) is 1.92. The van der Waals surface area contributed by atoms with Crippen molar-refractivity contribution in [1.29, 1.82) is 5.26 Å². The molecule has 0 aliphatic heterocycles. The van der Waals surface area contributed by atoms with Crippen molar-refractivity contribution in [3.05, 3.63) is 59.7 Å². The van der Waals surface area contributed by atoms with Crippen LogP contribution in [-0.2, 0) is 0 Å². The molecule has 0 fully saturated rings. The van der Waals surface area contributed by atoms with E-state index in [2.05, 4.69) is 6.07 Å². The number of benzene rings is 2. The van der Waals surface area contributed by atoms with Gasteiger partial charge < -0.3 is 5.11 Å². The van der Waals surface area contributed by atoms with Crippen molar-refractivity contribution in [2.45, 2.75) is 13.0 Å². The van der Waals surface area contributed by atoms with Gasteiger partial charge in [0.15, 0.2) is 0 Å². The lowest BCUT2D eigenvalue weighted by Crippen LogP contribution is -1.95. The number of nitriles is 1. The first-order valence-electron chi connectivity index (χ1n) is 5.50. The van der Waals surface area contributed by atoms with Gasteiger partial charge in [0.25, 0.3) is 0 Å². The molecule has 0 bridgehead atoms. The molecule has 2 aromatic rings. The molecule has 2 nitrogen and oxygen atoms in total. The Labute approximate surface area is 101 Å². The van der Waals surface area contributed by atoms with Crippen LogP contribution in [-0.4, -0.2) is 5.11 Å². The highest BCUT2D eigenvalue weighted by atomic mass is 16.3. The minimum Gasteiger partial charge on any atom is -0.389 e. The summed E-state index contributed by atoms with van der Waals surface area (Å²) in [5.74, 6) is 0. The van der Waals surface area contributed by atoms with E-state index in [1.807, 2.05) is 42.5 Å². The average molecular weight is 223 g/mol. The van der Waals surface area contributed by atoms with Gasteiger partial charge >= 0.3 is 0 Å². The standard InChI is InChI=1S/C15H13NO/c1-11(17)13-7-4-5-9-15(13)14-8-3-2-6-12(14)10-16/h2-9,11,17H,1H3. The first kappa shape index (κ1) is 11.4. The van der Waals surface area contributed by atoms with Gasteiger partial charge in [-0.25, -0.2) is 0 Å². The SMILES string of the molecule is CC(O)c1ccccc1-c1ccccc1C#N. The lowest BCUT2D eigenvalue weighted by atomic mass is 9.94. The Bertz CT molecular complexity index is 567. The first-order chi connectivity index (χ1) is 8.24. The van der Waals surface area contributed by atoms with E-state index in [9.17, 15) is 5.11 Å². The molecule has 0 spiro atoms. The Kier molecular flexibility index (Phi) is 3.22. The molecule has 0 saturated heterocycles. The molecule has 0 aromatic heterocycles. The zero-order valence-corrected chi connectivity index (χ0v) is 9.59. The van der Waals surface area contributed by atoms with Crippen LogP contribution in [0.5, 0.6) is 0 Å². The van der Waals surface area contributed by atoms with Crippen LogP contribution < -0.4 is 0 Å². The zero-order valence-electron chi connectivity index (χ0n) is 9.59. The lowest BCUT2D eigenvalue weighted by Gasteiger charge is -2.12. The second-order valence-electron chi connectivity index (χ2n) is 3.92. The van der Waals surface area contributed by atoms with E-state index in [1.165, 1.54) is 0 Å². The molecule has 84 valence electrons. The van der Waals surface area contributed by atoms with Crippen LogP contribution in [0, 0.1) is 11.3 Å². The Balaban J connectivity index is 2.65. The largest absolute Gasteiger partial charge is 0.389 e. The van der Waals surface area contributed by atoms with Crippen LogP contribution in [0.25, 0.3) is 11.1 Å². The van der Waals surface area contributed by atoms with Gasteiger partial charge in [-0.3, -0.25) is 0 Å². The Morgan fingerprint density at radius 3 is 2.24 bits per heavy atom. The first-order valence-corrected chi connectivity index (χ1v) is 5.50. The number of rotatable bonds is 2. The van der Waals surface area contributed by atoms with E-state index in [4.69, 9.17) is 5.26 Å². The molecular weight excluding hydrogens is 210 g/mol. The summed E-state index contributed by atoms with van der Waals surface area (Å²) in [5, 5.41) is 18.8. The minimum absolute atomic E-state index is 0.544. The molecule has 0 aliphatic carbocycles. The zero-order chi connectivity index (χ0) is 12.3. The normalized spacial score (nSPS) is 11.8. The van der Waals surface area contributed by atoms with Crippen molar-refractivity contribution >= 4 is 0 Å². The highest BCUT2D eigenvalue weighted by Gasteiger charge is 2.11. The fourth-order valence-electron chi connectivity index (χ4n) is 1.92. The Morgan fingerprint density at radius 1 is 1.00 bits per heavy atom. The minimum atomic E-state index is -0.544. The van der Waals surface area contributed by atoms with Crippen molar-refractivity contribution in [1.82, 2.24) is 0 Å². The molecule has 2 heteroatoms. The predicted molar refractivity (Wildman–Crippen MR) is 67.2 cm³/mol. The fraction of sp³-hybridized carbons (Fsp3) is 0.133. The smallest absolute Gasteiger partial charge is 0.0998 e. The summed E-state index contributed by atoms with van der Waals surface area (Å²) >= 11 is 0. The molecule has 0 amide bonds. The maximum atomic E-state index is 9.75. The second kappa shape index (κ2) is 4.82. The van der Waals surface area contributed by atoms with Gasteiger partial charge in [0.05, 0.1) is 17.7 Å². The van der Waals surface area contributed by atoms with Crippen molar-refractivity contribution < 1.29 is 5.11 Å². The molecule has 1 atom stereocenters. The van der Waals surface area contributed by atoms with Crippen molar-refractivity contribution in [2.75, 3.05) is 0 Å². The predicted octanol–water partition coefficient (Wildman–Crippen LogP) is 3.28. The van der Waals surface area contributed by atoms with E-state index < -0.39 is 6.10 Å². The third-order valence-corrected chi connectivity index (χ3v) is 2.75. The maximum Gasteiger partial charge on any atom is 0.0998 e. The molecule has 0 saturated carbocycles. The van der Waals surface area contributed by atoms with Crippen LogP contribution >= 0.6 is 0 Å². The van der Waals surface area contributed by atoms with Crippen LogP contribution in [0.3, 0.4) is 0 Å². The Hall–Kier alpha value is -2.11. The number of nitrogens with zero attached hydrogens (tertiary/aromatic N) is 1. The van der Waals surface area contributed by atoms with Crippen molar-refractivity contribution in [2.24, 2.45) is 0 Å². The number of aliphatic hydroxyl groups excluding tert-OH is 1. The topological polar surface area (TPSA) is 44.0 Å². The molecule has 1 N–H and O–H groups in total. The highest BCUT2D eigenvalue weighted by molar-refractivity contribution is 5.73. The lowest BCUT2D eigenvalue weighted by molar-refractivity contribution is 0.200. The molecule has 1 unspecified atom stereocenters. The second-order valence-corrected chi connectivity index (χ2v) is 3.92. The summed E-state index contributed by atoms with van der Waals surface area (Å²) in [6.07, 6.45) is -0.544. The molecule has 0 aliphatic rings. The summed E-state index contributed by atoms with van der Waals surface area (Å²) in [5.41, 5.74) is 3.25. The average Bonchev–Trinajstić information content (AvgIpc) is 2.38. The van der Waals surface area contributed by atoms with E-state index in [1.54, 1.807) is 13.0 Å². The van der Waals surface area contributed by atoms with Gasteiger partial charge in [0, 0.05) is 0 Å². The molecule has 2 aromatic carbocycles. The summed E-state index contributed by atoms with van der Waals surface area (Å²) in [7, 11) is 0. The van der Waals surface area contributed by atoms with Gasteiger partial charge in [-0.1, -0.05) is 42.5 Å². The summed E-state index contributed by atoms with van der Waals surface area (Å²) in [4.78, 5) is 0. The van der Waals surface area contributed by atoms with Crippen LogP contribution in [0.1, 0.15) is 24.2 Å². The highest BCUT2D eigenvalue weighted by Crippen LogP contribution is 2.30. The van der Waals surface area contributed by atoms with Gasteiger partial charge in [-0.2, -0.15) is 5.26 Å². The van der Waals surface area contributed by atoms with E-state index in [0.717, 1.165) is 16.7 Å². The number of hydrogen-bond donors (Lipinski definition) is 1. The van der Waals surface area contributed by atoms with Crippen LogP contribution in [0.15, 0.2) is 48.5 Å². The summed E-state index contributed by atoms with van der Waals surface area (Å²) in [6.45, 7) is 1.73. The summed E-state index contributed by atoms with van der Waals surface area (Å²) in [6, 6.07) is 17.2. The van der Waals surface area contributed by atoms with Gasteiger partial charge in [-0.15, -0.1) is 0 Å². The van der Waals surface area contributed by atoms with Crippen molar-refractivity contribution in [3.63, 3.8) is 0 Å². The quantitative estimate of drug-likeness (QED) is 0.849. The third-order valence-electron chi connectivity index (χ3n) is 2.75. The molecular formula is C15H13NO. The van der Waals surface area contributed by atoms with Gasteiger partial charge in [-0.05, 0) is 29.7 Å². The van der Waals surface area contributed by atoms with Gasteiger partial charge in [0.2, 0.25) is 0 Å². The Morgan fingerprint density at radius 2 is 1.59 bits per heavy atom. The third kappa shape index (κ3) is 2.20. The monoisotopic (exact) mass is 223 g/mol. The molecule has 17 heavy (non-hydrogen) atoms. The van der Waals surface area contributed by atoms with Gasteiger partial charge in [0.1, 0.15) is 0 Å². The number of aliphatic hydroxyl groups is 1. The molecule has 0 heterocycles. The van der Waals surface area contributed by atoms with E-state index in [0.29, 0.717) is 5.56 Å². The summed E-state index contributed by atoms with van der Waals surface area (Å²) < 4.78 is 0. The van der Waals surface area contributed by atoms with E-state index >= 15 is 0 Å². The molecule has 2 rings (SSSR count).